The molecule has 0 radical (unpaired) electrons. The second-order valence-electron chi connectivity index (χ2n) is 7.83. The molecule has 0 unspecified atom stereocenters. The molecule has 3 aromatic rings. The molecule has 3 rings (SSSR count). The van der Waals surface area contributed by atoms with Gasteiger partial charge in [0.25, 0.3) is 0 Å². The van der Waals surface area contributed by atoms with Crippen molar-refractivity contribution in [3.63, 3.8) is 0 Å². The van der Waals surface area contributed by atoms with E-state index < -0.39 is 5.82 Å². The van der Waals surface area contributed by atoms with Crippen LogP contribution in [0.4, 0.5) is 8.78 Å². The lowest BCUT2D eigenvalue weighted by molar-refractivity contribution is 0.291. The molecule has 162 valence electrons. The molecule has 0 atom stereocenters. The SMILES string of the molecule is CCCCCCCCCOc1ccc2c(ccc3c(F)c(OCCC)ccc32)c1F. The molecule has 0 spiro atoms. The van der Waals surface area contributed by atoms with Crippen molar-refractivity contribution in [2.24, 2.45) is 0 Å². The van der Waals surface area contributed by atoms with E-state index in [-0.39, 0.29) is 17.3 Å². The van der Waals surface area contributed by atoms with Gasteiger partial charge in [-0.1, -0.05) is 64.5 Å². The molecule has 0 fully saturated rings. The molecule has 0 amide bonds. The maximum absolute atomic E-state index is 15.0. The van der Waals surface area contributed by atoms with Crippen LogP contribution in [-0.2, 0) is 0 Å². The van der Waals surface area contributed by atoms with Crippen molar-refractivity contribution in [1.29, 1.82) is 0 Å². The first-order valence-electron chi connectivity index (χ1n) is 11.3. The van der Waals surface area contributed by atoms with Crippen molar-refractivity contribution in [3.8, 4) is 11.5 Å². The van der Waals surface area contributed by atoms with Crippen molar-refractivity contribution in [2.45, 2.75) is 65.2 Å². The summed E-state index contributed by atoms with van der Waals surface area (Å²) in [6.07, 6.45) is 9.13. The van der Waals surface area contributed by atoms with Crippen LogP contribution in [0.1, 0.15) is 65.2 Å². The van der Waals surface area contributed by atoms with Gasteiger partial charge in [0.05, 0.1) is 13.2 Å². The number of ether oxygens (including phenoxy) is 2. The number of benzene rings is 3. The predicted octanol–water partition coefficient (Wildman–Crippen LogP) is 8.19. The quantitative estimate of drug-likeness (QED) is 0.220. The largest absolute Gasteiger partial charge is 0.491 e. The van der Waals surface area contributed by atoms with E-state index in [1.165, 1.54) is 32.1 Å². The van der Waals surface area contributed by atoms with Gasteiger partial charge in [-0.2, -0.15) is 0 Å². The van der Waals surface area contributed by atoms with Crippen molar-refractivity contribution >= 4 is 21.5 Å². The first-order chi connectivity index (χ1) is 14.7. The normalized spacial score (nSPS) is 11.3. The molecule has 0 bridgehead atoms. The highest BCUT2D eigenvalue weighted by molar-refractivity contribution is 6.08. The highest BCUT2D eigenvalue weighted by Crippen LogP contribution is 2.35. The van der Waals surface area contributed by atoms with Crippen molar-refractivity contribution in [2.75, 3.05) is 13.2 Å². The van der Waals surface area contributed by atoms with E-state index in [9.17, 15) is 4.39 Å². The average Bonchev–Trinajstić information content (AvgIpc) is 2.76. The zero-order valence-corrected chi connectivity index (χ0v) is 18.1. The lowest BCUT2D eigenvalue weighted by atomic mass is 10.0. The van der Waals surface area contributed by atoms with Crippen LogP contribution in [-0.4, -0.2) is 13.2 Å². The Morgan fingerprint density at radius 3 is 1.53 bits per heavy atom. The van der Waals surface area contributed by atoms with Crippen molar-refractivity contribution in [1.82, 2.24) is 0 Å². The molecule has 0 aliphatic carbocycles. The maximum Gasteiger partial charge on any atom is 0.172 e. The molecule has 0 aromatic heterocycles. The van der Waals surface area contributed by atoms with Crippen LogP contribution in [0, 0.1) is 11.6 Å². The monoisotopic (exact) mass is 414 g/mol. The summed E-state index contributed by atoms with van der Waals surface area (Å²) in [7, 11) is 0. The summed E-state index contributed by atoms with van der Waals surface area (Å²) in [5.41, 5.74) is 0. The Bertz CT molecular complexity index is 968. The molecular formula is C26H32F2O2. The minimum absolute atomic E-state index is 0.235. The number of hydrogen-bond donors (Lipinski definition) is 0. The van der Waals surface area contributed by atoms with Gasteiger partial charge >= 0.3 is 0 Å². The van der Waals surface area contributed by atoms with Gasteiger partial charge < -0.3 is 9.47 Å². The predicted molar refractivity (Wildman–Crippen MR) is 121 cm³/mol. The number of fused-ring (bicyclic) bond motifs is 3. The fourth-order valence-corrected chi connectivity index (χ4v) is 3.78. The molecule has 4 heteroatoms. The lowest BCUT2D eigenvalue weighted by Crippen LogP contribution is -2.00. The fraction of sp³-hybridized carbons (Fsp3) is 0.462. The molecule has 0 N–H and O–H groups in total. The Labute approximate surface area is 178 Å². The Morgan fingerprint density at radius 2 is 1.00 bits per heavy atom. The van der Waals surface area contributed by atoms with E-state index in [1.54, 1.807) is 30.3 Å². The van der Waals surface area contributed by atoms with Gasteiger partial charge in [-0.15, -0.1) is 0 Å². The summed E-state index contributed by atoms with van der Waals surface area (Å²) in [6.45, 7) is 5.16. The van der Waals surface area contributed by atoms with E-state index in [2.05, 4.69) is 6.92 Å². The van der Waals surface area contributed by atoms with E-state index in [1.807, 2.05) is 13.0 Å². The van der Waals surface area contributed by atoms with Crippen molar-refractivity contribution in [3.05, 3.63) is 48.0 Å². The topological polar surface area (TPSA) is 18.5 Å². The summed E-state index contributed by atoms with van der Waals surface area (Å²) >= 11 is 0. The molecule has 0 saturated heterocycles. The molecule has 30 heavy (non-hydrogen) atoms. The molecular weight excluding hydrogens is 382 g/mol. The van der Waals surface area contributed by atoms with Gasteiger partial charge in [-0.3, -0.25) is 0 Å². The van der Waals surface area contributed by atoms with Crippen LogP contribution in [0.15, 0.2) is 36.4 Å². The maximum atomic E-state index is 15.0. The van der Waals surface area contributed by atoms with E-state index in [0.717, 1.165) is 19.3 Å². The number of rotatable bonds is 12. The summed E-state index contributed by atoms with van der Waals surface area (Å²) < 4.78 is 41.0. The van der Waals surface area contributed by atoms with Crippen LogP contribution < -0.4 is 9.47 Å². The average molecular weight is 415 g/mol. The first-order valence-corrected chi connectivity index (χ1v) is 11.3. The number of unbranched alkanes of at least 4 members (excludes halogenated alkanes) is 6. The summed E-state index contributed by atoms with van der Waals surface area (Å²) in [5, 5.41) is 2.23. The Kier molecular flexibility index (Phi) is 8.30. The third kappa shape index (κ3) is 5.21. The van der Waals surface area contributed by atoms with Crippen LogP contribution in [0.25, 0.3) is 21.5 Å². The summed E-state index contributed by atoms with van der Waals surface area (Å²) in [6, 6.07) is 10.1. The van der Waals surface area contributed by atoms with Gasteiger partial charge in [0.1, 0.15) is 0 Å². The molecule has 0 aliphatic heterocycles. The first kappa shape index (κ1) is 22.3. The summed E-state index contributed by atoms with van der Waals surface area (Å²) in [4.78, 5) is 0. The lowest BCUT2D eigenvalue weighted by Gasteiger charge is -2.12. The van der Waals surface area contributed by atoms with Crippen molar-refractivity contribution < 1.29 is 18.3 Å². The molecule has 0 heterocycles. The van der Waals surface area contributed by atoms with Crippen LogP contribution >= 0.6 is 0 Å². The Hall–Kier alpha value is -2.36. The minimum atomic E-state index is -0.400. The molecule has 3 aromatic carbocycles. The molecule has 0 saturated carbocycles. The fourth-order valence-electron chi connectivity index (χ4n) is 3.78. The number of halogens is 2. The smallest absolute Gasteiger partial charge is 0.172 e. The third-order valence-corrected chi connectivity index (χ3v) is 5.46. The van der Waals surface area contributed by atoms with E-state index in [4.69, 9.17) is 9.47 Å². The van der Waals surface area contributed by atoms with Gasteiger partial charge in [0.15, 0.2) is 23.1 Å². The van der Waals surface area contributed by atoms with Gasteiger partial charge in [-0.05, 0) is 47.9 Å². The van der Waals surface area contributed by atoms with Crippen LogP contribution in [0.2, 0.25) is 0 Å². The van der Waals surface area contributed by atoms with Gasteiger partial charge in [0, 0.05) is 10.8 Å². The third-order valence-electron chi connectivity index (χ3n) is 5.46. The Balaban J connectivity index is 1.70. The van der Waals surface area contributed by atoms with E-state index >= 15 is 4.39 Å². The van der Waals surface area contributed by atoms with Gasteiger partial charge in [-0.25, -0.2) is 8.78 Å². The summed E-state index contributed by atoms with van der Waals surface area (Å²) in [5.74, 6) is -0.290. The standard InChI is InChI=1S/C26H32F2O2/c1-3-5-6-7-8-9-10-18-30-24-16-14-20-19-13-15-23(29-17-4-2)25(27)21(19)11-12-22(20)26(24)28/h11-16H,3-10,17-18H2,1-2H3. The van der Waals surface area contributed by atoms with E-state index in [0.29, 0.717) is 34.8 Å². The minimum Gasteiger partial charge on any atom is -0.491 e. The zero-order chi connectivity index (χ0) is 21.3. The van der Waals surface area contributed by atoms with Crippen LogP contribution in [0.3, 0.4) is 0 Å². The highest BCUT2D eigenvalue weighted by atomic mass is 19.1. The zero-order valence-electron chi connectivity index (χ0n) is 18.1. The second kappa shape index (κ2) is 11.1. The molecule has 0 aliphatic rings. The number of hydrogen-bond acceptors (Lipinski definition) is 2. The Morgan fingerprint density at radius 1 is 0.533 bits per heavy atom. The molecule has 2 nitrogen and oxygen atoms in total. The van der Waals surface area contributed by atoms with Gasteiger partial charge in [0.2, 0.25) is 0 Å². The van der Waals surface area contributed by atoms with Crippen LogP contribution in [0.5, 0.6) is 11.5 Å². The second-order valence-corrected chi connectivity index (χ2v) is 7.83. The highest BCUT2D eigenvalue weighted by Gasteiger charge is 2.14.